The number of ether oxygens (including phenoxy) is 1. The molecule has 0 aliphatic heterocycles. The summed E-state index contributed by atoms with van der Waals surface area (Å²) in [5.41, 5.74) is 7.69. The van der Waals surface area contributed by atoms with Gasteiger partial charge in [0, 0.05) is 17.3 Å². The first-order chi connectivity index (χ1) is 8.28. The third-order valence-corrected chi connectivity index (χ3v) is 2.62. The number of fused-ring (bicyclic) bond motifs is 1. The molecule has 0 unspecified atom stereocenters. The van der Waals surface area contributed by atoms with Crippen LogP contribution in [0.25, 0.3) is 10.9 Å². The van der Waals surface area contributed by atoms with Crippen LogP contribution in [-0.4, -0.2) is 16.3 Å². The first-order valence-corrected chi connectivity index (χ1v) is 5.88. The zero-order chi connectivity index (χ0) is 13.5. The van der Waals surface area contributed by atoms with Crippen LogP contribution < -0.4 is 5.73 Å². The van der Waals surface area contributed by atoms with E-state index in [1.807, 2.05) is 39.8 Å². The van der Waals surface area contributed by atoms with E-state index in [4.69, 9.17) is 10.5 Å². The number of carbonyl (C=O) groups is 1. The lowest BCUT2D eigenvalue weighted by Crippen LogP contribution is -2.26. The molecule has 4 nitrogen and oxygen atoms in total. The molecule has 0 amide bonds. The molecule has 2 aromatic rings. The molecule has 0 saturated heterocycles. The van der Waals surface area contributed by atoms with E-state index in [0.717, 1.165) is 16.5 Å². The highest BCUT2D eigenvalue weighted by molar-refractivity contribution is 5.93. The Balaban J connectivity index is 2.51. The van der Waals surface area contributed by atoms with Gasteiger partial charge in [-0.3, -0.25) is 4.57 Å². The molecule has 1 aromatic heterocycles. The van der Waals surface area contributed by atoms with Crippen LogP contribution in [0.3, 0.4) is 0 Å². The molecule has 2 N–H and O–H groups in total. The predicted molar refractivity (Wildman–Crippen MR) is 72.7 cm³/mol. The van der Waals surface area contributed by atoms with Crippen LogP contribution in [0.2, 0.25) is 0 Å². The summed E-state index contributed by atoms with van der Waals surface area (Å²) in [5, 5.41) is 1.01. The summed E-state index contributed by atoms with van der Waals surface area (Å²) in [7, 11) is 0. The number of aromatic nitrogens is 1. The molecule has 0 bridgehead atoms. The Morgan fingerprint density at radius 3 is 2.61 bits per heavy atom. The number of benzene rings is 1. The average molecular weight is 246 g/mol. The lowest BCUT2D eigenvalue weighted by atomic mass is 10.2. The van der Waals surface area contributed by atoms with Crippen molar-refractivity contribution in [2.45, 2.75) is 33.3 Å². The fourth-order valence-electron chi connectivity index (χ4n) is 1.88. The van der Waals surface area contributed by atoms with E-state index in [1.54, 1.807) is 12.3 Å². The monoisotopic (exact) mass is 246 g/mol. The van der Waals surface area contributed by atoms with Gasteiger partial charge in [0.15, 0.2) is 0 Å². The van der Waals surface area contributed by atoms with E-state index in [9.17, 15) is 4.79 Å². The predicted octanol–water partition coefficient (Wildman–Crippen LogP) is 3.32. The second kappa shape index (κ2) is 4.05. The molecule has 4 heteroatoms. The average Bonchev–Trinajstić information content (AvgIpc) is 2.53. The summed E-state index contributed by atoms with van der Waals surface area (Å²) < 4.78 is 6.87. The lowest BCUT2D eigenvalue weighted by Gasteiger charge is -2.19. The number of rotatable bonds is 0. The summed E-state index contributed by atoms with van der Waals surface area (Å²) in [6.07, 6.45) is 1.39. The van der Waals surface area contributed by atoms with Gasteiger partial charge in [-0.15, -0.1) is 0 Å². The maximum atomic E-state index is 12.1. The van der Waals surface area contributed by atoms with Gasteiger partial charge in [0.2, 0.25) is 0 Å². The Kier molecular flexibility index (Phi) is 2.81. The number of nitrogen functional groups attached to an aromatic ring is 1. The first-order valence-electron chi connectivity index (χ1n) is 5.88. The highest BCUT2D eigenvalue weighted by Gasteiger charge is 2.19. The molecular weight excluding hydrogens is 228 g/mol. The molecule has 0 radical (unpaired) electrons. The fourth-order valence-corrected chi connectivity index (χ4v) is 1.88. The van der Waals surface area contributed by atoms with Gasteiger partial charge in [-0.1, -0.05) is 6.07 Å². The maximum absolute atomic E-state index is 12.1. The molecule has 0 fully saturated rings. The smallest absolute Gasteiger partial charge is 0.419 e. The number of nitrogens with two attached hydrogens (primary N) is 1. The van der Waals surface area contributed by atoms with Gasteiger partial charge in [-0.25, -0.2) is 4.79 Å². The van der Waals surface area contributed by atoms with Crippen molar-refractivity contribution in [1.29, 1.82) is 0 Å². The molecule has 0 aliphatic rings. The zero-order valence-electron chi connectivity index (χ0n) is 11.2. The summed E-state index contributed by atoms with van der Waals surface area (Å²) >= 11 is 0. The molecule has 18 heavy (non-hydrogen) atoms. The van der Waals surface area contributed by atoms with Crippen molar-refractivity contribution in [3.8, 4) is 0 Å². The molecule has 0 aliphatic carbocycles. The van der Waals surface area contributed by atoms with Crippen LogP contribution in [0.15, 0.2) is 24.4 Å². The molecule has 2 rings (SSSR count). The van der Waals surface area contributed by atoms with Crippen LogP contribution >= 0.6 is 0 Å². The quantitative estimate of drug-likeness (QED) is 0.725. The summed E-state index contributed by atoms with van der Waals surface area (Å²) in [6.45, 7) is 7.49. The van der Waals surface area contributed by atoms with Gasteiger partial charge in [-0.2, -0.15) is 0 Å². The number of nitrogens with zero attached hydrogens (tertiary/aromatic N) is 1. The number of anilines is 1. The molecule has 0 atom stereocenters. The minimum Gasteiger partial charge on any atom is -0.443 e. The summed E-state index contributed by atoms with van der Waals surface area (Å²) in [4.78, 5) is 12.1. The summed E-state index contributed by atoms with van der Waals surface area (Å²) in [6, 6.07) is 5.53. The number of hydrogen-bond acceptors (Lipinski definition) is 3. The minimum absolute atomic E-state index is 0.383. The van der Waals surface area contributed by atoms with Gasteiger partial charge in [-0.05, 0) is 45.4 Å². The van der Waals surface area contributed by atoms with Gasteiger partial charge in [0.25, 0.3) is 0 Å². The van der Waals surface area contributed by atoms with E-state index >= 15 is 0 Å². The van der Waals surface area contributed by atoms with E-state index < -0.39 is 5.60 Å². The maximum Gasteiger partial charge on any atom is 0.419 e. The molecular formula is C14H18N2O2. The second-order valence-corrected chi connectivity index (χ2v) is 5.44. The Morgan fingerprint density at radius 1 is 1.33 bits per heavy atom. The third-order valence-electron chi connectivity index (χ3n) is 2.62. The van der Waals surface area contributed by atoms with Crippen molar-refractivity contribution < 1.29 is 9.53 Å². The second-order valence-electron chi connectivity index (χ2n) is 5.44. The fraction of sp³-hybridized carbons (Fsp3) is 0.357. The first kappa shape index (κ1) is 12.5. The minimum atomic E-state index is -0.512. The highest BCUT2D eigenvalue weighted by Crippen LogP contribution is 2.24. The normalized spacial score (nSPS) is 11.8. The van der Waals surface area contributed by atoms with Crippen LogP contribution in [0.4, 0.5) is 10.5 Å². The Bertz CT molecular complexity index is 606. The zero-order valence-corrected chi connectivity index (χ0v) is 11.2. The largest absolute Gasteiger partial charge is 0.443 e. The SMILES string of the molecule is Cc1cn(C(=O)OC(C)(C)C)c2cc(N)ccc12. The molecule has 0 spiro atoms. The van der Waals surface area contributed by atoms with E-state index in [1.165, 1.54) is 4.57 Å². The van der Waals surface area contributed by atoms with E-state index in [0.29, 0.717) is 5.69 Å². The lowest BCUT2D eigenvalue weighted by molar-refractivity contribution is 0.0544. The summed E-state index contributed by atoms with van der Waals surface area (Å²) in [5.74, 6) is 0. The molecule has 1 heterocycles. The Labute approximate surface area is 106 Å². The van der Waals surface area contributed by atoms with Gasteiger partial charge >= 0.3 is 6.09 Å². The Hall–Kier alpha value is -1.97. The number of aryl methyl sites for hydroxylation is 1. The van der Waals surface area contributed by atoms with Crippen LogP contribution in [-0.2, 0) is 4.74 Å². The van der Waals surface area contributed by atoms with Crippen molar-refractivity contribution in [2.75, 3.05) is 5.73 Å². The van der Waals surface area contributed by atoms with Gasteiger partial charge in [0.1, 0.15) is 5.60 Å². The van der Waals surface area contributed by atoms with Crippen molar-refractivity contribution >= 4 is 22.7 Å². The highest BCUT2D eigenvalue weighted by atomic mass is 16.6. The number of hydrogen-bond donors (Lipinski definition) is 1. The van der Waals surface area contributed by atoms with Crippen molar-refractivity contribution in [3.05, 3.63) is 30.0 Å². The molecule has 96 valence electrons. The Morgan fingerprint density at radius 2 is 2.00 bits per heavy atom. The van der Waals surface area contributed by atoms with Crippen molar-refractivity contribution in [1.82, 2.24) is 4.57 Å². The topological polar surface area (TPSA) is 57.2 Å². The van der Waals surface area contributed by atoms with Crippen LogP contribution in [0, 0.1) is 6.92 Å². The molecule has 0 saturated carbocycles. The van der Waals surface area contributed by atoms with Crippen LogP contribution in [0.1, 0.15) is 26.3 Å². The van der Waals surface area contributed by atoms with E-state index in [2.05, 4.69) is 0 Å². The number of carbonyl (C=O) groups excluding carboxylic acids is 1. The van der Waals surface area contributed by atoms with Crippen LogP contribution in [0.5, 0.6) is 0 Å². The van der Waals surface area contributed by atoms with Gasteiger partial charge in [0.05, 0.1) is 5.52 Å². The van der Waals surface area contributed by atoms with Gasteiger partial charge < -0.3 is 10.5 Å². The standard InChI is InChI=1S/C14H18N2O2/c1-9-8-16(13(17)18-14(2,3)4)12-7-10(15)5-6-11(9)12/h5-8H,15H2,1-4H3. The van der Waals surface area contributed by atoms with E-state index in [-0.39, 0.29) is 6.09 Å². The van der Waals surface area contributed by atoms with Crippen molar-refractivity contribution in [2.24, 2.45) is 0 Å². The van der Waals surface area contributed by atoms with Crippen molar-refractivity contribution in [3.63, 3.8) is 0 Å². The molecule has 1 aromatic carbocycles. The third kappa shape index (κ3) is 2.32.